The summed E-state index contributed by atoms with van der Waals surface area (Å²) < 4.78 is 8.54. The predicted molar refractivity (Wildman–Crippen MR) is 134 cm³/mol. The van der Waals surface area contributed by atoms with E-state index in [1.54, 1.807) is 11.3 Å². The van der Waals surface area contributed by atoms with Gasteiger partial charge in [0.1, 0.15) is 5.75 Å². The zero-order valence-corrected chi connectivity index (χ0v) is 18.9. The summed E-state index contributed by atoms with van der Waals surface area (Å²) >= 11 is 1.68. The van der Waals surface area contributed by atoms with Gasteiger partial charge in [0.05, 0.1) is 6.10 Å². The Hall–Kier alpha value is -3.17. The summed E-state index contributed by atoms with van der Waals surface area (Å²) in [5.41, 5.74) is 3.99. The Balaban J connectivity index is 1.96. The number of hydrogen-bond donors (Lipinski definition) is 0. The number of allylic oxidation sites excluding steroid dienone is 3. The number of aldehydes is 1. The van der Waals surface area contributed by atoms with Crippen LogP contribution in [0.2, 0.25) is 0 Å². The number of benzene rings is 3. The van der Waals surface area contributed by atoms with Crippen LogP contribution in [-0.4, -0.2) is 12.4 Å². The van der Waals surface area contributed by atoms with Gasteiger partial charge in [0.2, 0.25) is 0 Å². The molecule has 2 nitrogen and oxygen atoms in total. The summed E-state index contributed by atoms with van der Waals surface area (Å²) in [6, 6.07) is 18.6. The maximum Gasteiger partial charge on any atom is 0.151 e. The van der Waals surface area contributed by atoms with Gasteiger partial charge >= 0.3 is 0 Å². The van der Waals surface area contributed by atoms with Gasteiger partial charge in [0.25, 0.3) is 0 Å². The molecule has 31 heavy (non-hydrogen) atoms. The lowest BCUT2D eigenvalue weighted by Gasteiger charge is -2.17. The van der Waals surface area contributed by atoms with Crippen molar-refractivity contribution in [1.82, 2.24) is 0 Å². The van der Waals surface area contributed by atoms with Crippen LogP contribution in [0.25, 0.3) is 37.4 Å². The van der Waals surface area contributed by atoms with Crippen LogP contribution in [0.3, 0.4) is 0 Å². The molecule has 0 aliphatic rings. The highest BCUT2D eigenvalue weighted by Crippen LogP contribution is 2.44. The second kappa shape index (κ2) is 9.32. The molecule has 4 aromatic rings. The van der Waals surface area contributed by atoms with Crippen LogP contribution in [0.1, 0.15) is 43.1 Å². The molecule has 0 saturated carbocycles. The van der Waals surface area contributed by atoms with E-state index in [9.17, 15) is 4.79 Å². The maximum atomic E-state index is 11.6. The molecule has 156 valence electrons. The lowest BCUT2D eigenvalue weighted by atomic mass is 9.98. The molecule has 1 aromatic heterocycles. The average Bonchev–Trinajstić information content (AvgIpc) is 3.16. The third-order valence-corrected chi connectivity index (χ3v) is 6.43. The number of para-hydroxylation sites is 1. The van der Waals surface area contributed by atoms with E-state index in [1.807, 2.05) is 12.1 Å². The van der Waals surface area contributed by atoms with Crippen molar-refractivity contribution in [3.05, 3.63) is 84.0 Å². The van der Waals surface area contributed by atoms with Crippen molar-refractivity contribution in [2.24, 2.45) is 0 Å². The molecule has 0 saturated heterocycles. The van der Waals surface area contributed by atoms with Gasteiger partial charge in [0, 0.05) is 42.4 Å². The second-order valence-corrected chi connectivity index (χ2v) is 8.73. The van der Waals surface area contributed by atoms with Gasteiger partial charge in [-0.25, -0.2) is 0 Å². The summed E-state index contributed by atoms with van der Waals surface area (Å²) in [6.45, 7) is 6.23. The molecule has 0 radical (unpaired) electrons. The van der Waals surface area contributed by atoms with E-state index in [0.29, 0.717) is 0 Å². The molecule has 0 atom stereocenters. The summed E-state index contributed by atoms with van der Waals surface area (Å²) in [7, 11) is 0. The molecule has 4 rings (SSSR count). The molecular weight excluding hydrogens is 400 g/mol. The van der Waals surface area contributed by atoms with E-state index in [0.717, 1.165) is 50.8 Å². The fourth-order valence-corrected chi connectivity index (χ4v) is 5.09. The first-order chi connectivity index (χ1) is 15.1. The number of carbonyl (C=O) groups excluding carboxylic acids is 1. The van der Waals surface area contributed by atoms with Crippen molar-refractivity contribution in [3.63, 3.8) is 0 Å². The zero-order valence-electron chi connectivity index (χ0n) is 18.1. The highest BCUT2D eigenvalue weighted by atomic mass is 32.1. The smallest absolute Gasteiger partial charge is 0.151 e. The van der Waals surface area contributed by atoms with Crippen molar-refractivity contribution in [3.8, 4) is 16.9 Å². The minimum absolute atomic E-state index is 0.0581. The number of carbonyl (C=O) groups is 1. The van der Waals surface area contributed by atoms with Gasteiger partial charge in [-0.3, -0.25) is 4.79 Å². The molecule has 0 spiro atoms. The molecule has 3 heteroatoms. The molecule has 0 unspecified atom stereocenters. The largest absolute Gasteiger partial charge is 0.490 e. The lowest BCUT2D eigenvalue weighted by Crippen LogP contribution is -2.07. The molecule has 0 N–H and O–H groups in total. The maximum absolute atomic E-state index is 11.6. The van der Waals surface area contributed by atoms with Crippen molar-refractivity contribution in [2.45, 2.75) is 33.3 Å². The van der Waals surface area contributed by atoms with Gasteiger partial charge < -0.3 is 4.74 Å². The van der Waals surface area contributed by atoms with E-state index < -0.39 is 0 Å². The van der Waals surface area contributed by atoms with Crippen LogP contribution in [0.4, 0.5) is 0 Å². The fraction of sp³-hybridized carbons (Fsp3) is 0.179. The number of rotatable bonds is 7. The third kappa shape index (κ3) is 4.19. The summed E-state index contributed by atoms with van der Waals surface area (Å²) in [5.74, 6) is 0.888. The van der Waals surface area contributed by atoms with E-state index in [-0.39, 0.29) is 6.10 Å². The van der Waals surface area contributed by atoms with Gasteiger partial charge in [0.15, 0.2) is 6.29 Å². The Morgan fingerprint density at radius 2 is 1.55 bits per heavy atom. The topological polar surface area (TPSA) is 26.3 Å². The van der Waals surface area contributed by atoms with Crippen molar-refractivity contribution >= 4 is 43.9 Å². The van der Waals surface area contributed by atoms with Crippen LogP contribution in [-0.2, 0) is 0 Å². The molecule has 3 aromatic carbocycles. The van der Waals surface area contributed by atoms with Gasteiger partial charge in [-0.15, -0.1) is 11.3 Å². The van der Waals surface area contributed by atoms with E-state index >= 15 is 0 Å². The summed E-state index contributed by atoms with van der Waals surface area (Å²) in [4.78, 5) is 11.6. The van der Waals surface area contributed by atoms with Crippen LogP contribution < -0.4 is 4.74 Å². The summed E-state index contributed by atoms with van der Waals surface area (Å²) in [5, 5.41) is 2.29. The Labute approximate surface area is 187 Å². The van der Waals surface area contributed by atoms with E-state index in [4.69, 9.17) is 4.74 Å². The Kier molecular flexibility index (Phi) is 6.34. The first-order valence-electron chi connectivity index (χ1n) is 10.7. The minimum Gasteiger partial charge on any atom is -0.490 e. The first kappa shape index (κ1) is 21.1. The van der Waals surface area contributed by atoms with Gasteiger partial charge in [-0.05, 0) is 20.3 Å². The fourth-order valence-electron chi connectivity index (χ4n) is 3.79. The van der Waals surface area contributed by atoms with Gasteiger partial charge in [-0.2, -0.15) is 0 Å². The summed E-state index contributed by atoms with van der Waals surface area (Å²) in [6.07, 6.45) is 10.4. The van der Waals surface area contributed by atoms with Crippen molar-refractivity contribution in [1.29, 1.82) is 0 Å². The Bertz CT molecular complexity index is 1290. The normalized spacial score (nSPS) is 12.0. The molecule has 0 amide bonds. The zero-order chi connectivity index (χ0) is 21.8. The van der Waals surface area contributed by atoms with Crippen LogP contribution in [0.15, 0.2) is 72.8 Å². The van der Waals surface area contributed by atoms with E-state index in [1.165, 1.54) is 10.1 Å². The standard InChI is InChI=1S/C28H26O2S/c1-4-5-6-7-11-20-12-8-14-22(26(20)30-19(2)3)23-16-10-17-25-24-15-9-13-21(18-29)27(24)31-28(23)25/h5-19H,4H2,1-3H3/b6-5-,11-7+. The molecule has 0 bridgehead atoms. The number of thiophene rings is 1. The lowest BCUT2D eigenvalue weighted by molar-refractivity contribution is 0.112. The Morgan fingerprint density at radius 3 is 2.29 bits per heavy atom. The quantitative estimate of drug-likeness (QED) is 0.219. The highest BCUT2D eigenvalue weighted by molar-refractivity contribution is 7.26. The van der Waals surface area contributed by atoms with E-state index in [2.05, 4.69) is 87.5 Å². The molecule has 1 heterocycles. The molecular formula is C28H26O2S. The molecule has 0 fully saturated rings. The Morgan fingerprint density at radius 1 is 0.871 bits per heavy atom. The monoisotopic (exact) mass is 426 g/mol. The van der Waals surface area contributed by atoms with Crippen molar-refractivity contribution < 1.29 is 9.53 Å². The molecule has 0 aliphatic heterocycles. The number of hydrogen-bond acceptors (Lipinski definition) is 3. The second-order valence-electron chi connectivity index (χ2n) is 7.71. The van der Waals surface area contributed by atoms with Crippen LogP contribution in [0.5, 0.6) is 5.75 Å². The minimum atomic E-state index is 0.0581. The SMILES string of the molecule is CC/C=C\C=C\c1cccc(-c2cccc3c2sc2c(C=O)cccc23)c1OC(C)C. The number of fused-ring (bicyclic) bond motifs is 3. The highest BCUT2D eigenvalue weighted by Gasteiger charge is 2.17. The van der Waals surface area contributed by atoms with Gasteiger partial charge in [-0.1, -0.05) is 85.8 Å². The number of ether oxygens (including phenoxy) is 1. The first-order valence-corrected chi connectivity index (χ1v) is 11.5. The molecule has 0 aliphatic carbocycles. The van der Waals surface area contributed by atoms with Crippen LogP contribution >= 0.6 is 11.3 Å². The third-order valence-electron chi connectivity index (χ3n) is 5.13. The average molecular weight is 427 g/mol. The predicted octanol–water partition coefficient (Wildman–Crippen LogP) is 8.30. The van der Waals surface area contributed by atoms with Crippen molar-refractivity contribution in [2.75, 3.05) is 0 Å². The van der Waals surface area contributed by atoms with Crippen LogP contribution in [0, 0.1) is 0 Å².